The van der Waals surface area contributed by atoms with Crippen LogP contribution >= 0.6 is 0 Å². The monoisotopic (exact) mass is 243 g/mol. The highest BCUT2D eigenvalue weighted by molar-refractivity contribution is 5.37. The van der Waals surface area contributed by atoms with Crippen molar-refractivity contribution >= 4 is 5.95 Å². The largest absolute Gasteiger partial charge is 0.336 e. The van der Waals surface area contributed by atoms with E-state index in [4.69, 9.17) is 5.26 Å². The third kappa shape index (κ3) is 2.44. The molecule has 1 aliphatic carbocycles. The summed E-state index contributed by atoms with van der Waals surface area (Å²) in [5.41, 5.74) is 0.449. The number of nitriles is 1. The Hall–Kier alpha value is -1.67. The van der Waals surface area contributed by atoms with E-state index in [9.17, 15) is 0 Å². The van der Waals surface area contributed by atoms with Crippen molar-refractivity contribution in [2.45, 2.75) is 37.8 Å². The van der Waals surface area contributed by atoms with Gasteiger partial charge in [0, 0.05) is 24.8 Å². The summed E-state index contributed by atoms with van der Waals surface area (Å²) in [5.74, 6) is 0.713. The average Bonchev–Trinajstić information content (AvgIpc) is 3.13. The third-order valence-corrected chi connectivity index (χ3v) is 3.58. The summed E-state index contributed by atoms with van der Waals surface area (Å²) in [7, 11) is 0. The molecule has 2 heterocycles. The molecule has 3 rings (SSSR count). The molecule has 1 atom stereocenters. The van der Waals surface area contributed by atoms with Crippen molar-refractivity contribution in [3.63, 3.8) is 0 Å². The van der Waals surface area contributed by atoms with Crippen LogP contribution in [0.15, 0.2) is 12.3 Å². The molecule has 0 aromatic carbocycles. The molecular formula is C13H17N5. The van der Waals surface area contributed by atoms with E-state index in [-0.39, 0.29) is 0 Å². The first-order chi connectivity index (χ1) is 8.86. The van der Waals surface area contributed by atoms with Crippen LogP contribution in [0.1, 0.15) is 31.4 Å². The highest BCUT2D eigenvalue weighted by Gasteiger charge is 2.33. The van der Waals surface area contributed by atoms with Crippen molar-refractivity contribution < 1.29 is 0 Å². The van der Waals surface area contributed by atoms with Crippen LogP contribution in [0.3, 0.4) is 0 Å². The molecule has 1 N–H and O–H groups in total. The van der Waals surface area contributed by atoms with E-state index >= 15 is 0 Å². The summed E-state index contributed by atoms with van der Waals surface area (Å²) >= 11 is 0. The smallest absolute Gasteiger partial charge is 0.226 e. The van der Waals surface area contributed by atoms with Gasteiger partial charge in [-0.15, -0.1) is 0 Å². The SMILES string of the molecule is N#Cc1ccnc(N(CC2CCCN2)C2CC2)n1. The van der Waals surface area contributed by atoms with E-state index in [1.165, 1.54) is 25.7 Å². The lowest BCUT2D eigenvalue weighted by molar-refractivity contribution is 0.571. The number of anilines is 1. The van der Waals surface area contributed by atoms with Gasteiger partial charge in [-0.1, -0.05) is 0 Å². The van der Waals surface area contributed by atoms with Crippen molar-refractivity contribution in [3.8, 4) is 6.07 Å². The molecule has 1 aliphatic heterocycles. The summed E-state index contributed by atoms with van der Waals surface area (Å²) in [6, 6.07) is 4.85. The number of hydrogen-bond donors (Lipinski definition) is 1. The maximum Gasteiger partial charge on any atom is 0.226 e. The van der Waals surface area contributed by atoms with Crippen LogP contribution in [-0.4, -0.2) is 35.1 Å². The first-order valence-electron chi connectivity index (χ1n) is 6.60. The third-order valence-electron chi connectivity index (χ3n) is 3.58. The maximum atomic E-state index is 8.91. The molecule has 1 unspecified atom stereocenters. The van der Waals surface area contributed by atoms with Gasteiger partial charge in [0.1, 0.15) is 11.8 Å². The zero-order valence-corrected chi connectivity index (χ0v) is 10.3. The van der Waals surface area contributed by atoms with Gasteiger partial charge in [-0.2, -0.15) is 5.26 Å². The summed E-state index contributed by atoms with van der Waals surface area (Å²) in [6.07, 6.45) is 6.58. The Morgan fingerprint density at radius 2 is 2.33 bits per heavy atom. The van der Waals surface area contributed by atoms with Gasteiger partial charge in [-0.25, -0.2) is 9.97 Å². The molecule has 2 fully saturated rings. The lowest BCUT2D eigenvalue weighted by atomic mass is 10.2. The van der Waals surface area contributed by atoms with Crippen molar-refractivity contribution in [2.75, 3.05) is 18.0 Å². The van der Waals surface area contributed by atoms with E-state index in [1.54, 1.807) is 12.3 Å². The van der Waals surface area contributed by atoms with Gasteiger partial charge in [-0.3, -0.25) is 0 Å². The van der Waals surface area contributed by atoms with E-state index in [0.29, 0.717) is 23.7 Å². The summed E-state index contributed by atoms with van der Waals surface area (Å²) in [5, 5.41) is 12.4. The van der Waals surface area contributed by atoms with Crippen molar-refractivity contribution in [1.29, 1.82) is 5.26 Å². The first kappa shape index (κ1) is 11.4. The van der Waals surface area contributed by atoms with Crippen LogP contribution in [0.4, 0.5) is 5.95 Å². The Bertz CT molecular complexity index is 457. The lowest BCUT2D eigenvalue weighted by Crippen LogP contribution is -2.39. The van der Waals surface area contributed by atoms with Crippen molar-refractivity contribution in [2.24, 2.45) is 0 Å². The summed E-state index contributed by atoms with van der Waals surface area (Å²) in [4.78, 5) is 10.9. The quantitative estimate of drug-likeness (QED) is 0.857. The Balaban J connectivity index is 1.77. The Morgan fingerprint density at radius 3 is 3.00 bits per heavy atom. The Kier molecular flexibility index (Phi) is 3.11. The second-order valence-electron chi connectivity index (χ2n) is 5.03. The number of aromatic nitrogens is 2. The van der Waals surface area contributed by atoms with Gasteiger partial charge in [0.05, 0.1) is 0 Å². The van der Waals surface area contributed by atoms with Crippen LogP contribution in [0, 0.1) is 11.3 Å². The van der Waals surface area contributed by atoms with Gasteiger partial charge < -0.3 is 10.2 Å². The van der Waals surface area contributed by atoms with Gasteiger partial charge >= 0.3 is 0 Å². The van der Waals surface area contributed by atoms with Crippen LogP contribution < -0.4 is 10.2 Å². The Labute approximate surface area is 107 Å². The molecule has 1 aromatic heterocycles. The molecule has 0 spiro atoms. The zero-order valence-electron chi connectivity index (χ0n) is 10.3. The van der Waals surface area contributed by atoms with Crippen molar-refractivity contribution in [3.05, 3.63) is 18.0 Å². The maximum absolute atomic E-state index is 8.91. The Morgan fingerprint density at radius 1 is 1.44 bits per heavy atom. The van der Waals surface area contributed by atoms with Gasteiger partial charge in [0.15, 0.2) is 0 Å². The van der Waals surface area contributed by atoms with Crippen LogP contribution in [0.25, 0.3) is 0 Å². The molecule has 0 bridgehead atoms. The van der Waals surface area contributed by atoms with Crippen LogP contribution in [-0.2, 0) is 0 Å². The molecule has 2 aliphatic rings. The van der Waals surface area contributed by atoms with Gasteiger partial charge in [-0.05, 0) is 38.3 Å². The topological polar surface area (TPSA) is 64.8 Å². The summed E-state index contributed by atoms with van der Waals surface area (Å²) < 4.78 is 0. The number of nitrogens with one attached hydrogen (secondary N) is 1. The van der Waals surface area contributed by atoms with E-state index < -0.39 is 0 Å². The summed E-state index contributed by atoms with van der Waals surface area (Å²) in [6.45, 7) is 2.07. The second kappa shape index (κ2) is 4.91. The van der Waals surface area contributed by atoms with E-state index in [2.05, 4.69) is 26.3 Å². The molecular weight excluding hydrogens is 226 g/mol. The molecule has 1 saturated heterocycles. The standard InChI is InChI=1S/C13H17N5/c14-8-10-5-7-16-13(17-10)18(12-3-4-12)9-11-2-1-6-15-11/h5,7,11-12,15H,1-4,6,9H2. The molecule has 1 saturated carbocycles. The number of rotatable bonds is 4. The van der Waals surface area contributed by atoms with E-state index in [1.807, 2.05) is 0 Å². The lowest BCUT2D eigenvalue weighted by Gasteiger charge is -2.25. The normalized spacial score (nSPS) is 22.7. The molecule has 5 nitrogen and oxygen atoms in total. The molecule has 5 heteroatoms. The predicted octanol–water partition coefficient (Wildman–Crippen LogP) is 1.07. The highest BCUT2D eigenvalue weighted by Crippen LogP contribution is 2.30. The average molecular weight is 243 g/mol. The molecule has 0 radical (unpaired) electrons. The molecule has 1 aromatic rings. The number of hydrogen-bond acceptors (Lipinski definition) is 5. The fourth-order valence-corrected chi connectivity index (χ4v) is 2.48. The fourth-order valence-electron chi connectivity index (χ4n) is 2.48. The molecule has 18 heavy (non-hydrogen) atoms. The molecule has 94 valence electrons. The first-order valence-corrected chi connectivity index (χ1v) is 6.60. The fraction of sp³-hybridized carbons (Fsp3) is 0.615. The van der Waals surface area contributed by atoms with Gasteiger partial charge in [0.25, 0.3) is 0 Å². The number of nitrogens with zero attached hydrogens (tertiary/aromatic N) is 4. The minimum Gasteiger partial charge on any atom is -0.336 e. The highest BCUT2D eigenvalue weighted by atomic mass is 15.3. The van der Waals surface area contributed by atoms with E-state index in [0.717, 1.165) is 13.1 Å². The molecule has 0 amide bonds. The zero-order chi connectivity index (χ0) is 12.4. The van der Waals surface area contributed by atoms with Crippen LogP contribution in [0.5, 0.6) is 0 Å². The second-order valence-corrected chi connectivity index (χ2v) is 5.03. The van der Waals surface area contributed by atoms with Crippen LogP contribution in [0.2, 0.25) is 0 Å². The van der Waals surface area contributed by atoms with Gasteiger partial charge in [0.2, 0.25) is 5.95 Å². The van der Waals surface area contributed by atoms with Crippen molar-refractivity contribution in [1.82, 2.24) is 15.3 Å². The minimum atomic E-state index is 0.449. The predicted molar refractivity (Wildman–Crippen MR) is 68.1 cm³/mol. The minimum absolute atomic E-state index is 0.449.